The first-order chi connectivity index (χ1) is 13.4. The Balaban J connectivity index is 0.00000300. The standard InChI is InChI=1S/C22H28N4O2.HI/c1-15-5-4-6-20(11-15)25-22(23)24-12-18-7-9-19(10-8-18)21(27)26-13-16(2)28-17(3)14-26;/h4-11,16-17H,12-14H2,1-3H3,(H3,23,24,25);1H. The van der Waals surface area contributed by atoms with Gasteiger partial charge in [0.1, 0.15) is 0 Å². The Morgan fingerprint density at radius 3 is 2.45 bits per heavy atom. The lowest BCUT2D eigenvalue weighted by Crippen LogP contribution is -2.48. The molecule has 2 aromatic carbocycles. The van der Waals surface area contributed by atoms with E-state index in [0.29, 0.717) is 31.2 Å². The Bertz CT molecular complexity index is 844. The van der Waals surface area contributed by atoms with E-state index in [2.05, 4.69) is 10.3 Å². The average molecular weight is 508 g/mol. The lowest BCUT2D eigenvalue weighted by Gasteiger charge is -2.35. The van der Waals surface area contributed by atoms with Gasteiger partial charge >= 0.3 is 0 Å². The number of nitrogens with one attached hydrogen (secondary N) is 1. The number of carbonyl (C=O) groups is 1. The number of aliphatic imine (C=N–C) groups is 1. The van der Waals surface area contributed by atoms with Crippen LogP contribution in [0.4, 0.5) is 5.69 Å². The fraction of sp³-hybridized carbons (Fsp3) is 0.364. The van der Waals surface area contributed by atoms with Crippen LogP contribution in [0.5, 0.6) is 0 Å². The Morgan fingerprint density at radius 2 is 1.83 bits per heavy atom. The summed E-state index contributed by atoms with van der Waals surface area (Å²) in [6.07, 6.45) is 0.121. The third-order valence-corrected chi connectivity index (χ3v) is 4.63. The second kappa shape index (κ2) is 10.6. The third-order valence-electron chi connectivity index (χ3n) is 4.63. The van der Waals surface area contributed by atoms with Gasteiger partial charge in [-0.25, -0.2) is 4.99 Å². The van der Waals surface area contributed by atoms with Crippen LogP contribution in [-0.4, -0.2) is 42.1 Å². The normalized spacial score (nSPS) is 19.4. The topological polar surface area (TPSA) is 79.9 Å². The highest BCUT2D eigenvalue weighted by molar-refractivity contribution is 14.0. The zero-order chi connectivity index (χ0) is 20.1. The zero-order valence-electron chi connectivity index (χ0n) is 17.1. The van der Waals surface area contributed by atoms with Crippen molar-refractivity contribution < 1.29 is 9.53 Å². The Kier molecular flexibility index (Phi) is 8.45. The van der Waals surface area contributed by atoms with Crippen molar-refractivity contribution in [3.63, 3.8) is 0 Å². The summed E-state index contributed by atoms with van der Waals surface area (Å²) in [5, 5.41) is 3.09. The molecule has 2 atom stereocenters. The molecule has 1 saturated heterocycles. The maximum Gasteiger partial charge on any atom is 0.254 e. The quantitative estimate of drug-likeness (QED) is 0.374. The number of nitrogens with zero attached hydrogens (tertiary/aromatic N) is 2. The minimum Gasteiger partial charge on any atom is -0.372 e. The van der Waals surface area contributed by atoms with Gasteiger partial charge in [-0.3, -0.25) is 4.79 Å². The van der Waals surface area contributed by atoms with Crippen LogP contribution in [0.3, 0.4) is 0 Å². The van der Waals surface area contributed by atoms with Crippen molar-refractivity contribution >= 4 is 41.5 Å². The number of ether oxygens (including phenoxy) is 1. The number of morpholine rings is 1. The number of guanidine groups is 1. The Morgan fingerprint density at radius 1 is 1.17 bits per heavy atom. The molecule has 7 heteroatoms. The maximum absolute atomic E-state index is 12.7. The summed E-state index contributed by atoms with van der Waals surface area (Å²) in [7, 11) is 0. The van der Waals surface area contributed by atoms with Crippen LogP contribution in [0.1, 0.15) is 35.3 Å². The van der Waals surface area contributed by atoms with Crippen LogP contribution in [0.2, 0.25) is 0 Å². The van der Waals surface area contributed by atoms with Crippen molar-refractivity contribution in [2.45, 2.75) is 39.5 Å². The van der Waals surface area contributed by atoms with Gasteiger partial charge < -0.3 is 20.7 Å². The smallest absolute Gasteiger partial charge is 0.254 e. The van der Waals surface area contributed by atoms with Crippen molar-refractivity contribution in [3.8, 4) is 0 Å². The highest BCUT2D eigenvalue weighted by atomic mass is 127. The van der Waals surface area contributed by atoms with Crippen LogP contribution in [0, 0.1) is 6.92 Å². The van der Waals surface area contributed by atoms with E-state index in [-0.39, 0.29) is 42.1 Å². The summed E-state index contributed by atoms with van der Waals surface area (Å²) in [5.74, 6) is 0.403. The van der Waals surface area contributed by atoms with Crippen LogP contribution < -0.4 is 11.1 Å². The highest BCUT2D eigenvalue weighted by Gasteiger charge is 2.26. The van der Waals surface area contributed by atoms with Crippen LogP contribution >= 0.6 is 24.0 Å². The molecule has 1 aliphatic rings. The largest absolute Gasteiger partial charge is 0.372 e. The summed E-state index contributed by atoms with van der Waals surface area (Å²) in [6, 6.07) is 15.5. The first-order valence-corrected chi connectivity index (χ1v) is 9.58. The summed E-state index contributed by atoms with van der Waals surface area (Å²) in [4.78, 5) is 18.9. The molecule has 29 heavy (non-hydrogen) atoms. The molecule has 1 fully saturated rings. The minimum absolute atomic E-state index is 0. The summed E-state index contributed by atoms with van der Waals surface area (Å²) in [5.41, 5.74) is 9.71. The number of carbonyl (C=O) groups excluding carboxylic acids is 1. The molecule has 2 aromatic rings. The molecule has 0 aliphatic carbocycles. The van der Waals surface area contributed by atoms with E-state index in [0.717, 1.165) is 16.8 Å². The fourth-order valence-corrected chi connectivity index (χ4v) is 3.37. The molecule has 0 radical (unpaired) electrons. The number of aryl methyl sites for hydroxylation is 1. The number of hydrogen-bond acceptors (Lipinski definition) is 3. The predicted octanol–water partition coefficient (Wildman–Crippen LogP) is 3.79. The molecule has 0 saturated carbocycles. The van der Waals surface area contributed by atoms with Crippen molar-refractivity contribution in [2.75, 3.05) is 18.4 Å². The van der Waals surface area contributed by atoms with E-state index in [9.17, 15) is 4.79 Å². The number of halogens is 1. The van der Waals surface area contributed by atoms with Crippen molar-refractivity contribution in [1.82, 2.24) is 4.90 Å². The second-order valence-corrected chi connectivity index (χ2v) is 7.36. The summed E-state index contributed by atoms with van der Waals surface area (Å²) < 4.78 is 5.70. The molecule has 1 heterocycles. The lowest BCUT2D eigenvalue weighted by atomic mass is 10.1. The summed E-state index contributed by atoms with van der Waals surface area (Å²) >= 11 is 0. The van der Waals surface area contributed by atoms with Crippen LogP contribution in [-0.2, 0) is 11.3 Å². The molecule has 6 nitrogen and oxygen atoms in total. The van der Waals surface area contributed by atoms with Crippen molar-refractivity contribution in [1.29, 1.82) is 0 Å². The fourth-order valence-electron chi connectivity index (χ4n) is 3.37. The number of benzene rings is 2. The predicted molar refractivity (Wildman–Crippen MR) is 128 cm³/mol. The minimum atomic E-state index is 0. The van der Waals surface area contributed by atoms with Crippen molar-refractivity contribution in [3.05, 3.63) is 65.2 Å². The van der Waals surface area contributed by atoms with E-state index in [1.165, 1.54) is 0 Å². The Hall–Kier alpha value is -2.13. The van der Waals surface area contributed by atoms with Gasteiger partial charge in [-0.2, -0.15) is 0 Å². The molecule has 0 aromatic heterocycles. The lowest BCUT2D eigenvalue weighted by molar-refractivity contribution is -0.0586. The maximum atomic E-state index is 12.7. The van der Waals surface area contributed by atoms with E-state index >= 15 is 0 Å². The molecular weight excluding hydrogens is 479 g/mol. The number of anilines is 1. The van der Waals surface area contributed by atoms with Gasteiger partial charge in [0.05, 0.1) is 18.8 Å². The molecular formula is C22H29IN4O2. The first-order valence-electron chi connectivity index (χ1n) is 9.58. The highest BCUT2D eigenvalue weighted by Crippen LogP contribution is 2.15. The van der Waals surface area contributed by atoms with Crippen LogP contribution in [0.25, 0.3) is 0 Å². The van der Waals surface area contributed by atoms with E-state index in [1.54, 1.807) is 0 Å². The van der Waals surface area contributed by atoms with E-state index in [4.69, 9.17) is 10.5 Å². The third kappa shape index (κ3) is 6.71. The van der Waals surface area contributed by atoms with Gasteiger partial charge in [-0.1, -0.05) is 24.3 Å². The van der Waals surface area contributed by atoms with Gasteiger partial charge in [0.15, 0.2) is 5.96 Å². The molecule has 156 valence electrons. The number of amides is 1. The van der Waals surface area contributed by atoms with Gasteiger partial charge in [-0.05, 0) is 56.2 Å². The van der Waals surface area contributed by atoms with Gasteiger partial charge in [0.25, 0.3) is 5.91 Å². The Labute approximate surface area is 189 Å². The summed E-state index contributed by atoms with van der Waals surface area (Å²) in [6.45, 7) is 7.70. The second-order valence-electron chi connectivity index (χ2n) is 7.36. The molecule has 3 rings (SSSR count). The molecule has 3 N–H and O–H groups in total. The average Bonchev–Trinajstić information content (AvgIpc) is 2.65. The molecule has 0 bridgehead atoms. The van der Waals surface area contributed by atoms with Gasteiger partial charge in [0, 0.05) is 24.3 Å². The number of nitrogens with two attached hydrogens (primary N) is 1. The monoisotopic (exact) mass is 508 g/mol. The van der Waals surface area contributed by atoms with Crippen molar-refractivity contribution in [2.24, 2.45) is 10.7 Å². The molecule has 2 unspecified atom stereocenters. The molecule has 0 spiro atoms. The molecule has 1 amide bonds. The molecule has 1 aliphatic heterocycles. The number of rotatable bonds is 4. The first kappa shape index (κ1) is 23.2. The van der Waals surface area contributed by atoms with Gasteiger partial charge in [-0.15, -0.1) is 24.0 Å². The van der Waals surface area contributed by atoms with Gasteiger partial charge in [0.2, 0.25) is 0 Å². The van der Waals surface area contributed by atoms with Crippen LogP contribution in [0.15, 0.2) is 53.5 Å². The zero-order valence-corrected chi connectivity index (χ0v) is 19.4. The number of hydrogen-bond donors (Lipinski definition) is 2. The van der Waals surface area contributed by atoms with E-state index < -0.39 is 0 Å². The SMILES string of the molecule is Cc1cccc(NC(N)=NCc2ccc(C(=O)N3CC(C)OC(C)C3)cc2)c1.I. The van der Waals surface area contributed by atoms with E-state index in [1.807, 2.05) is 74.2 Å².